The number of rotatable bonds is 2. The molecular weight excluding hydrogens is 152 g/mol. The number of aromatic amines is 1. The molecule has 0 saturated carbocycles. The van der Waals surface area contributed by atoms with Gasteiger partial charge in [-0.05, 0) is 13.0 Å². The quantitative estimate of drug-likeness (QED) is 0.701. The zero-order valence-electron chi connectivity index (χ0n) is 6.83. The minimum absolute atomic E-state index is 0.758. The van der Waals surface area contributed by atoms with Crippen molar-refractivity contribution in [3.05, 3.63) is 18.6 Å². The van der Waals surface area contributed by atoms with Crippen LogP contribution in [0, 0.1) is 0 Å². The number of nitrogens with zero attached hydrogens (tertiary/aromatic N) is 2. The van der Waals surface area contributed by atoms with Gasteiger partial charge in [-0.3, -0.25) is 0 Å². The smallest absolute Gasteiger partial charge is 0.179 e. The van der Waals surface area contributed by atoms with Gasteiger partial charge in [0.15, 0.2) is 5.65 Å². The van der Waals surface area contributed by atoms with Crippen LogP contribution in [0.5, 0.6) is 0 Å². The van der Waals surface area contributed by atoms with Crippen LogP contribution < -0.4 is 5.32 Å². The highest BCUT2D eigenvalue weighted by Crippen LogP contribution is 2.16. The molecular formula is C8H10N4. The number of pyridine rings is 1. The largest absolute Gasteiger partial charge is 0.383 e. The van der Waals surface area contributed by atoms with Crippen molar-refractivity contribution >= 4 is 16.9 Å². The van der Waals surface area contributed by atoms with Crippen molar-refractivity contribution in [3.8, 4) is 0 Å². The van der Waals surface area contributed by atoms with E-state index in [2.05, 4.69) is 27.2 Å². The molecule has 12 heavy (non-hydrogen) atoms. The minimum Gasteiger partial charge on any atom is -0.383 e. The predicted octanol–water partition coefficient (Wildman–Crippen LogP) is 1.39. The number of imidazole rings is 1. The van der Waals surface area contributed by atoms with Crippen molar-refractivity contribution in [2.75, 3.05) is 11.9 Å². The summed E-state index contributed by atoms with van der Waals surface area (Å²) in [6, 6.07) is 1.93. The summed E-state index contributed by atoms with van der Waals surface area (Å²) >= 11 is 0. The van der Waals surface area contributed by atoms with Gasteiger partial charge in [0.2, 0.25) is 0 Å². The van der Waals surface area contributed by atoms with E-state index in [-0.39, 0.29) is 0 Å². The highest BCUT2D eigenvalue weighted by atomic mass is 15.0. The fraction of sp³-hybridized carbons (Fsp3) is 0.250. The number of H-pyrrole nitrogens is 1. The third kappa shape index (κ3) is 1.01. The molecule has 2 heterocycles. The lowest BCUT2D eigenvalue weighted by Gasteiger charge is -2.01. The number of aromatic nitrogens is 3. The maximum atomic E-state index is 4.10. The summed E-state index contributed by atoms with van der Waals surface area (Å²) in [7, 11) is 0. The molecule has 2 N–H and O–H groups in total. The molecule has 0 unspecified atom stereocenters. The van der Waals surface area contributed by atoms with E-state index in [0.29, 0.717) is 0 Å². The third-order valence-corrected chi connectivity index (χ3v) is 1.69. The Hall–Kier alpha value is -1.58. The van der Waals surface area contributed by atoms with Crippen molar-refractivity contribution in [1.29, 1.82) is 0 Å². The Kier molecular flexibility index (Phi) is 1.66. The average molecular weight is 162 g/mol. The molecule has 2 aromatic heterocycles. The zero-order chi connectivity index (χ0) is 8.39. The molecule has 0 radical (unpaired) electrons. The molecule has 0 bridgehead atoms. The van der Waals surface area contributed by atoms with Crippen LogP contribution in [0.2, 0.25) is 0 Å². The molecule has 2 aromatic rings. The van der Waals surface area contributed by atoms with Gasteiger partial charge in [0.1, 0.15) is 5.52 Å². The zero-order valence-corrected chi connectivity index (χ0v) is 6.83. The fourth-order valence-electron chi connectivity index (χ4n) is 1.19. The van der Waals surface area contributed by atoms with Gasteiger partial charge in [0, 0.05) is 12.7 Å². The van der Waals surface area contributed by atoms with Crippen molar-refractivity contribution in [2.45, 2.75) is 6.92 Å². The van der Waals surface area contributed by atoms with E-state index in [1.807, 2.05) is 6.07 Å². The lowest BCUT2D eigenvalue weighted by atomic mass is 10.3. The molecule has 0 aliphatic carbocycles. The molecule has 0 aromatic carbocycles. The van der Waals surface area contributed by atoms with Crippen molar-refractivity contribution in [3.63, 3.8) is 0 Å². The lowest BCUT2D eigenvalue weighted by Crippen LogP contribution is -1.97. The monoisotopic (exact) mass is 162 g/mol. The third-order valence-electron chi connectivity index (χ3n) is 1.69. The molecule has 62 valence electrons. The van der Waals surface area contributed by atoms with Crippen LogP contribution in [-0.2, 0) is 0 Å². The maximum absolute atomic E-state index is 4.10. The molecule has 0 atom stereocenters. The van der Waals surface area contributed by atoms with Crippen molar-refractivity contribution < 1.29 is 0 Å². The topological polar surface area (TPSA) is 53.6 Å². The van der Waals surface area contributed by atoms with Crippen LogP contribution in [0.4, 0.5) is 5.69 Å². The molecule has 2 rings (SSSR count). The van der Waals surface area contributed by atoms with E-state index in [1.165, 1.54) is 0 Å². The van der Waals surface area contributed by atoms with Crippen LogP contribution in [0.15, 0.2) is 18.6 Å². The van der Waals surface area contributed by atoms with Gasteiger partial charge in [-0.1, -0.05) is 0 Å². The Morgan fingerprint density at radius 3 is 3.25 bits per heavy atom. The Labute approximate surface area is 70.0 Å². The van der Waals surface area contributed by atoms with E-state index in [0.717, 1.165) is 23.4 Å². The van der Waals surface area contributed by atoms with E-state index in [4.69, 9.17) is 0 Å². The molecule has 0 aliphatic rings. The Bertz CT molecular complexity index is 379. The Morgan fingerprint density at radius 1 is 1.50 bits per heavy atom. The van der Waals surface area contributed by atoms with E-state index >= 15 is 0 Å². The van der Waals surface area contributed by atoms with Gasteiger partial charge in [0.25, 0.3) is 0 Å². The van der Waals surface area contributed by atoms with Crippen molar-refractivity contribution in [1.82, 2.24) is 15.0 Å². The van der Waals surface area contributed by atoms with Gasteiger partial charge in [-0.15, -0.1) is 0 Å². The van der Waals surface area contributed by atoms with Crippen LogP contribution in [0.3, 0.4) is 0 Å². The first-order chi connectivity index (χ1) is 5.92. The normalized spacial score (nSPS) is 10.4. The highest BCUT2D eigenvalue weighted by Gasteiger charge is 2.00. The van der Waals surface area contributed by atoms with Crippen LogP contribution >= 0.6 is 0 Å². The summed E-state index contributed by atoms with van der Waals surface area (Å²) < 4.78 is 0. The molecule has 0 fully saturated rings. The second kappa shape index (κ2) is 2.81. The first kappa shape index (κ1) is 7.09. The van der Waals surface area contributed by atoms with E-state index in [9.17, 15) is 0 Å². The molecule has 4 heteroatoms. The number of fused-ring (bicyclic) bond motifs is 1. The number of hydrogen-bond donors (Lipinski definition) is 2. The fourth-order valence-corrected chi connectivity index (χ4v) is 1.19. The average Bonchev–Trinajstić information content (AvgIpc) is 2.53. The van der Waals surface area contributed by atoms with Gasteiger partial charge in [-0.25, -0.2) is 9.97 Å². The molecule has 0 saturated heterocycles. The molecule has 0 spiro atoms. The van der Waals surface area contributed by atoms with Gasteiger partial charge in [0.05, 0.1) is 12.0 Å². The number of anilines is 1. The second-order valence-corrected chi connectivity index (χ2v) is 2.49. The van der Waals surface area contributed by atoms with Crippen molar-refractivity contribution in [2.24, 2.45) is 0 Å². The van der Waals surface area contributed by atoms with Crippen LogP contribution in [0.1, 0.15) is 6.92 Å². The summed E-state index contributed by atoms with van der Waals surface area (Å²) in [5.74, 6) is 0. The number of hydrogen-bond acceptors (Lipinski definition) is 3. The van der Waals surface area contributed by atoms with E-state index < -0.39 is 0 Å². The van der Waals surface area contributed by atoms with Gasteiger partial charge in [-0.2, -0.15) is 0 Å². The standard InChI is InChI=1S/C8H10N4/c1-2-9-6-3-4-10-8-7(6)11-5-12-8/h3-5H,2H2,1H3,(H2,9,10,11,12). The summed E-state index contributed by atoms with van der Waals surface area (Å²) in [4.78, 5) is 11.2. The van der Waals surface area contributed by atoms with Gasteiger partial charge < -0.3 is 10.3 Å². The summed E-state index contributed by atoms with van der Waals surface area (Å²) in [5, 5.41) is 3.23. The highest BCUT2D eigenvalue weighted by molar-refractivity contribution is 5.84. The van der Waals surface area contributed by atoms with Crippen LogP contribution in [0.25, 0.3) is 11.2 Å². The first-order valence-corrected chi connectivity index (χ1v) is 3.93. The Balaban J connectivity index is 2.57. The Morgan fingerprint density at radius 2 is 2.42 bits per heavy atom. The summed E-state index contributed by atoms with van der Waals surface area (Å²) in [6.45, 7) is 2.96. The number of nitrogens with one attached hydrogen (secondary N) is 2. The van der Waals surface area contributed by atoms with E-state index in [1.54, 1.807) is 12.5 Å². The molecule has 4 nitrogen and oxygen atoms in total. The summed E-state index contributed by atoms with van der Waals surface area (Å²) in [6.07, 6.45) is 3.40. The van der Waals surface area contributed by atoms with Gasteiger partial charge >= 0.3 is 0 Å². The van der Waals surface area contributed by atoms with Crippen LogP contribution in [-0.4, -0.2) is 21.5 Å². The maximum Gasteiger partial charge on any atom is 0.179 e. The lowest BCUT2D eigenvalue weighted by molar-refractivity contribution is 1.21. The molecule has 0 aliphatic heterocycles. The minimum atomic E-state index is 0.758. The molecule has 0 amide bonds. The first-order valence-electron chi connectivity index (χ1n) is 3.93. The predicted molar refractivity (Wildman–Crippen MR) is 48.1 cm³/mol. The SMILES string of the molecule is CCNc1ccnc2nc[nH]c12. The second-order valence-electron chi connectivity index (χ2n) is 2.49. The summed E-state index contributed by atoms with van der Waals surface area (Å²) in [5.41, 5.74) is 2.79.